The van der Waals surface area contributed by atoms with Crippen molar-refractivity contribution in [3.05, 3.63) is 90.0 Å². The molecule has 3 aromatic carbocycles. The minimum atomic E-state index is -1.84. The molecule has 12 heteroatoms. The number of nitrogens with zero attached hydrogens (tertiary/aromatic N) is 3. The highest BCUT2D eigenvalue weighted by Gasteiger charge is 2.72. The first-order valence-corrected chi connectivity index (χ1v) is 15.8. The van der Waals surface area contributed by atoms with E-state index in [4.69, 9.17) is 14.2 Å². The molecule has 4 atom stereocenters. The molecule has 3 heterocycles. The summed E-state index contributed by atoms with van der Waals surface area (Å²) in [7, 11) is 1.45. The number of carbonyl (C=O) groups excluding carboxylic acids is 4. The molecule has 3 aliphatic rings. The van der Waals surface area contributed by atoms with E-state index < -0.39 is 38.3 Å². The summed E-state index contributed by atoms with van der Waals surface area (Å²) in [6.45, 7) is 3.21. The van der Waals surface area contributed by atoms with Crippen LogP contribution in [0.5, 0.6) is 17.2 Å². The molecule has 3 aromatic rings. The minimum Gasteiger partial charge on any atom is -0.454 e. The van der Waals surface area contributed by atoms with E-state index in [0.29, 0.717) is 28.8 Å². The van der Waals surface area contributed by atoms with Crippen molar-refractivity contribution in [3.8, 4) is 23.3 Å². The Morgan fingerprint density at radius 3 is 2.31 bits per heavy atom. The molecule has 0 N–H and O–H groups in total. The van der Waals surface area contributed by atoms with Crippen LogP contribution in [0, 0.1) is 16.7 Å². The average molecular weight is 644 g/mol. The average Bonchev–Trinajstić information content (AvgIpc) is 3.60. The molecule has 1 unspecified atom stereocenters. The number of rotatable bonds is 6. The van der Waals surface area contributed by atoms with Crippen LogP contribution in [0.25, 0.3) is 0 Å². The summed E-state index contributed by atoms with van der Waals surface area (Å²) in [6, 6.07) is 23.9. The minimum absolute atomic E-state index is 0.0221. The van der Waals surface area contributed by atoms with Gasteiger partial charge < -0.3 is 24.0 Å². The largest absolute Gasteiger partial charge is 0.454 e. The van der Waals surface area contributed by atoms with Crippen LogP contribution in [-0.2, 0) is 20.8 Å². The first kappa shape index (κ1) is 30.6. The third-order valence-corrected chi connectivity index (χ3v) is 10.7. The van der Waals surface area contributed by atoms with E-state index in [1.807, 2.05) is 30.3 Å². The van der Waals surface area contributed by atoms with Crippen molar-refractivity contribution in [1.82, 2.24) is 9.80 Å². The van der Waals surface area contributed by atoms with E-state index in [2.05, 4.69) is 6.07 Å². The van der Waals surface area contributed by atoms with Gasteiger partial charge in [0.05, 0.1) is 17.5 Å². The summed E-state index contributed by atoms with van der Waals surface area (Å²) >= 11 is 1.32. The summed E-state index contributed by atoms with van der Waals surface area (Å²) < 4.78 is 16.6. The van der Waals surface area contributed by atoms with Crippen LogP contribution in [0.4, 0.5) is 4.79 Å². The third-order valence-electron chi connectivity index (χ3n) is 8.42. The van der Waals surface area contributed by atoms with E-state index >= 15 is 0 Å². The van der Waals surface area contributed by atoms with Gasteiger partial charge in [0.15, 0.2) is 26.4 Å². The summed E-state index contributed by atoms with van der Waals surface area (Å²) in [6.07, 6.45) is -0.126. The van der Waals surface area contributed by atoms with E-state index in [9.17, 15) is 24.4 Å². The number of piperazine rings is 1. The lowest BCUT2D eigenvalue weighted by Crippen LogP contribution is -2.71. The molecule has 2 saturated heterocycles. The van der Waals surface area contributed by atoms with E-state index in [1.165, 1.54) is 23.8 Å². The quantitative estimate of drug-likeness (QED) is 0.316. The lowest BCUT2D eigenvalue weighted by atomic mass is 9.79. The topological polar surface area (TPSA) is 126 Å². The molecule has 2 amide bonds. The maximum Gasteiger partial charge on any atom is 0.375 e. The van der Waals surface area contributed by atoms with Crippen LogP contribution in [0.15, 0.2) is 78.9 Å². The monoisotopic (exact) mass is 643 g/mol. The van der Waals surface area contributed by atoms with Crippen LogP contribution in [0.2, 0.25) is 0 Å². The first-order valence-electron chi connectivity index (χ1n) is 14.2. The van der Waals surface area contributed by atoms with E-state index in [-0.39, 0.29) is 30.5 Å². The molecule has 0 bridgehead atoms. The van der Waals surface area contributed by atoms with Gasteiger partial charge in [-0.1, -0.05) is 54.6 Å². The van der Waals surface area contributed by atoms with Crippen LogP contribution in [0.1, 0.15) is 37.4 Å². The van der Waals surface area contributed by atoms with E-state index in [0.717, 1.165) is 17.3 Å². The van der Waals surface area contributed by atoms with Gasteiger partial charge in [0.1, 0.15) is 5.75 Å². The van der Waals surface area contributed by atoms with Crippen LogP contribution in [-0.4, -0.2) is 55.6 Å². The molecule has 0 spiro atoms. The van der Waals surface area contributed by atoms with Gasteiger partial charge in [0.25, 0.3) is 11.8 Å². The second-order valence-corrected chi connectivity index (χ2v) is 14.1. The lowest BCUT2D eigenvalue weighted by Gasteiger charge is -2.52. The fraction of sp³-hybridized carbons (Fsp3) is 0.303. The Morgan fingerprint density at radius 2 is 1.62 bits per heavy atom. The normalized spacial score (nSPS) is 26.8. The fourth-order valence-corrected chi connectivity index (χ4v) is 8.55. The maximum absolute atomic E-state index is 14.9. The zero-order valence-electron chi connectivity index (χ0n) is 24.7. The van der Waals surface area contributed by atoms with Gasteiger partial charge in [-0.2, -0.15) is 5.26 Å². The van der Waals surface area contributed by atoms with Gasteiger partial charge in [0, 0.05) is 19.9 Å². The zero-order chi connectivity index (χ0) is 32.0. The number of hydrogen-bond donors (Lipinski definition) is 0. The fourth-order valence-electron chi connectivity index (χ4n) is 6.16. The molecular formula is C33H29N3O7S2. The maximum atomic E-state index is 14.9. The molecule has 0 aromatic heterocycles. The number of fused-ring (bicyclic) bond motifs is 2. The van der Waals surface area contributed by atoms with Crippen LogP contribution < -0.4 is 14.2 Å². The number of thioether (sulfide) groups is 2. The van der Waals surface area contributed by atoms with Gasteiger partial charge in [-0.3, -0.25) is 14.4 Å². The Labute approximate surface area is 268 Å². The first-order chi connectivity index (χ1) is 21.5. The number of likely N-dealkylation sites (N-methyl/N-ethyl adjacent to an activating group) is 1. The molecule has 0 aliphatic carbocycles. The number of para-hydroxylation sites is 1. The van der Waals surface area contributed by atoms with Crippen molar-refractivity contribution < 1.29 is 33.4 Å². The second-order valence-electron chi connectivity index (χ2n) is 11.4. The SMILES string of the molecule is CN1C(=O)[C@@]2(SC(=O)Oc3ccccc3)C[C@](C)(C#N)C(c3ccc4c(c3)OCO4)N2C(=O)[C@]1(C)SC(=O)Cc1ccccc1. The van der Waals surface area contributed by atoms with Crippen LogP contribution >= 0.6 is 23.5 Å². The molecule has 0 saturated carbocycles. The van der Waals surface area contributed by atoms with Crippen LogP contribution in [0.3, 0.4) is 0 Å². The molecular weight excluding hydrogens is 615 g/mol. The molecule has 2 fully saturated rings. The Bertz CT molecular complexity index is 1730. The summed E-state index contributed by atoms with van der Waals surface area (Å²) in [4.78, 5) is 55.4. The number of hydrogen-bond acceptors (Lipinski definition) is 10. The molecule has 3 aliphatic heterocycles. The van der Waals surface area contributed by atoms with Gasteiger partial charge in [-0.05, 0) is 72.8 Å². The number of carbonyl (C=O) groups is 4. The second kappa shape index (κ2) is 11.5. The highest BCUT2D eigenvalue weighted by atomic mass is 32.2. The van der Waals surface area contributed by atoms with Gasteiger partial charge in [0.2, 0.25) is 6.79 Å². The van der Waals surface area contributed by atoms with Crippen molar-refractivity contribution in [2.75, 3.05) is 13.8 Å². The lowest BCUT2D eigenvalue weighted by molar-refractivity contribution is -0.163. The van der Waals surface area contributed by atoms with E-state index in [1.54, 1.807) is 55.5 Å². The number of ether oxygens (including phenoxy) is 3. The smallest absolute Gasteiger partial charge is 0.375 e. The third kappa shape index (κ3) is 5.19. The number of amides is 2. The predicted octanol–water partition coefficient (Wildman–Crippen LogP) is 5.54. The van der Waals surface area contributed by atoms with Gasteiger partial charge in [-0.25, -0.2) is 4.79 Å². The van der Waals surface area contributed by atoms with Crippen molar-refractivity contribution in [1.29, 1.82) is 5.26 Å². The highest BCUT2D eigenvalue weighted by Crippen LogP contribution is 2.63. The number of nitriles is 1. The van der Waals surface area contributed by atoms with Gasteiger partial charge in [-0.15, -0.1) is 0 Å². The summed E-state index contributed by atoms with van der Waals surface area (Å²) in [5.74, 6) is 0.0304. The van der Waals surface area contributed by atoms with Crippen molar-refractivity contribution in [3.63, 3.8) is 0 Å². The summed E-state index contributed by atoms with van der Waals surface area (Å²) in [5.41, 5.74) is -0.0409. The van der Waals surface area contributed by atoms with Gasteiger partial charge >= 0.3 is 5.30 Å². The standard InChI is InChI=1S/C33H29N3O7S2/c1-31(19-34)18-33(45-30(40)43-23-12-8-5-9-13-23)29(39)35(3)32(2,44-26(37)16-21-10-6-4-7-11-21)28(38)36(33)27(31)22-14-15-24-25(17-22)42-20-41-24/h4-15,17,27H,16,18,20H2,1-3H3/t27?,31-,32+,33+/m1/s1. The van der Waals surface area contributed by atoms with Crippen molar-refractivity contribution >= 4 is 45.8 Å². The molecule has 230 valence electrons. The number of benzene rings is 3. The molecule has 0 radical (unpaired) electrons. The Kier molecular flexibility index (Phi) is 7.79. The Balaban J connectivity index is 1.44. The molecule has 10 nitrogen and oxygen atoms in total. The van der Waals surface area contributed by atoms with Crippen molar-refractivity contribution in [2.24, 2.45) is 5.41 Å². The molecule has 6 rings (SSSR count). The predicted molar refractivity (Wildman–Crippen MR) is 167 cm³/mol. The Morgan fingerprint density at radius 1 is 0.956 bits per heavy atom. The zero-order valence-corrected chi connectivity index (χ0v) is 26.4. The molecule has 45 heavy (non-hydrogen) atoms. The summed E-state index contributed by atoms with van der Waals surface area (Å²) in [5, 5.41) is 9.47. The van der Waals surface area contributed by atoms with Crippen molar-refractivity contribution in [2.45, 2.75) is 42.5 Å². The highest BCUT2D eigenvalue weighted by molar-refractivity contribution is 8.16. The Hall–Kier alpha value is -4.47.